The minimum absolute atomic E-state index is 0.0817. The van der Waals surface area contributed by atoms with Crippen molar-refractivity contribution in [2.45, 2.75) is 32.4 Å². The lowest BCUT2D eigenvalue weighted by molar-refractivity contribution is -0.128. The summed E-state index contributed by atoms with van der Waals surface area (Å²) in [5.41, 5.74) is 7.83. The largest absolute Gasteiger partial charge is 0.328 e. The highest BCUT2D eigenvalue weighted by Gasteiger charge is 2.42. The number of nitrogens with two attached hydrogens (primary N) is 1. The van der Waals surface area contributed by atoms with Crippen molar-refractivity contribution < 1.29 is 4.79 Å². The van der Waals surface area contributed by atoms with Gasteiger partial charge in [-0.2, -0.15) is 0 Å². The Balaban J connectivity index is 2.38. The molecule has 1 unspecified atom stereocenters. The molecule has 1 aromatic carbocycles. The Labute approximate surface area is 115 Å². The maximum Gasteiger partial charge on any atom is 0.245 e. The van der Waals surface area contributed by atoms with Gasteiger partial charge in [0.05, 0.1) is 0 Å². The topological polar surface area (TPSA) is 49.6 Å². The summed E-state index contributed by atoms with van der Waals surface area (Å²) in [5, 5.41) is 0. The molecule has 1 atom stereocenters. The first-order valence-electron chi connectivity index (χ1n) is 6.68. The summed E-state index contributed by atoms with van der Waals surface area (Å²) in [6.07, 6.45) is 0. The van der Waals surface area contributed by atoms with Crippen molar-refractivity contribution in [1.29, 1.82) is 0 Å². The third-order valence-corrected chi connectivity index (χ3v) is 4.06. The van der Waals surface area contributed by atoms with Gasteiger partial charge in [-0.05, 0) is 45.5 Å². The van der Waals surface area contributed by atoms with Crippen LogP contribution in [-0.2, 0) is 4.79 Å². The second kappa shape index (κ2) is 4.94. The summed E-state index contributed by atoms with van der Waals surface area (Å²) >= 11 is 0. The van der Waals surface area contributed by atoms with E-state index in [1.165, 1.54) is 0 Å². The number of rotatable bonds is 2. The first kappa shape index (κ1) is 14.0. The molecule has 2 N–H and O–H groups in total. The molecule has 104 valence electrons. The first-order chi connectivity index (χ1) is 8.86. The zero-order chi connectivity index (χ0) is 14.2. The van der Waals surface area contributed by atoms with Crippen LogP contribution in [0.2, 0.25) is 0 Å². The minimum atomic E-state index is -0.246. The number of nitrogens with zero attached hydrogens (tertiary/aromatic N) is 2. The Morgan fingerprint density at radius 2 is 2.11 bits per heavy atom. The van der Waals surface area contributed by atoms with Crippen molar-refractivity contribution in [3.63, 3.8) is 0 Å². The summed E-state index contributed by atoms with van der Waals surface area (Å²) in [5.74, 6) is 0.0925. The number of likely N-dealkylation sites (N-methyl/N-ethyl adjacent to an activating group) is 1. The normalized spacial score (nSPS) is 23.7. The number of amides is 1. The number of aryl methyl sites for hydroxylation is 1. The van der Waals surface area contributed by atoms with Crippen LogP contribution in [0.5, 0.6) is 0 Å². The average Bonchev–Trinajstić information content (AvgIpc) is 2.35. The van der Waals surface area contributed by atoms with Gasteiger partial charge in [-0.15, -0.1) is 0 Å². The molecule has 0 radical (unpaired) electrons. The number of carbonyl (C=O) groups is 1. The molecule has 1 saturated heterocycles. The van der Waals surface area contributed by atoms with Crippen molar-refractivity contribution in [3.05, 3.63) is 29.8 Å². The fraction of sp³-hybridized carbons (Fsp3) is 0.533. The summed E-state index contributed by atoms with van der Waals surface area (Å²) in [6, 6.07) is 7.81. The van der Waals surface area contributed by atoms with Gasteiger partial charge in [0.1, 0.15) is 6.04 Å². The fourth-order valence-corrected chi connectivity index (χ4v) is 2.62. The molecule has 2 rings (SSSR count). The second-order valence-corrected chi connectivity index (χ2v) is 5.94. The van der Waals surface area contributed by atoms with Crippen molar-refractivity contribution in [1.82, 2.24) is 4.90 Å². The van der Waals surface area contributed by atoms with Crippen molar-refractivity contribution >= 4 is 11.6 Å². The highest BCUT2D eigenvalue weighted by atomic mass is 16.2. The molecule has 0 saturated carbocycles. The molecular formula is C15H23N3O. The van der Waals surface area contributed by atoms with Gasteiger partial charge in [-0.3, -0.25) is 9.69 Å². The van der Waals surface area contributed by atoms with Gasteiger partial charge in [0.25, 0.3) is 0 Å². The third-order valence-electron chi connectivity index (χ3n) is 4.06. The van der Waals surface area contributed by atoms with E-state index in [0.29, 0.717) is 13.1 Å². The molecule has 1 aliphatic heterocycles. The molecule has 19 heavy (non-hydrogen) atoms. The quantitative estimate of drug-likeness (QED) is 0.875. The highest BCUT2D eigenvalue weighted by molar-refractivity contribution is 5.98. The van der Waals surface area contributed by atoms with E-state index in [1.807, 2.05) is 43.1 Å². The number of benzene rings is 1. The van der Waals surface area contributed by atoms with Crippen molar-refractivity contribution in [2.24, 2.45) is 5.73 Å². The Bertz CT molecular complexity index is 484. The van der Waals surface area contributed by atoms with E-state index in [9.17, 15) is 4.79 Å². The van der Waals surface area contributed by atoms with Gasteiger partial charge in [0.15, 0.2) is 0 Å². The van der Waals surface area contributed by atoms with Crippen LogP contribution in [0, 0.1) is 6.92 Å². The number of carbonyl (C=O) groups excluding carboxylic acids is 1. The molecule has 0 aliphatic carbocycles. The summed E-state index contributed by atoms with van der Waals surface area (Å²) in [4.78, 5) is 16.5. The van der Waals surface area contributed by atoms with Crippen molar-refractivity contribution in [2.75, 3.05) is 25.0 Å². The summed E-state index contributed by atoms with van der Waals surface area (Å²) < 4.78 is 0. The van der Waals surface area contributed by atoms with Gasteiger partial charge < -0.3 is 10.6 Å². The molecular weight excluding hydrogens is 238 g/mol. The Morgan fingerprint density at radius 1 is 1.42 bits per heavy atom. The van der Waals surface area contributed by atoms with Gasteiger partial charge in [-0.25, -0.2) is 0 Å². The number of anilines is 1. The summed E-state index contributed by atoms with van der Waals surface area (Å²) in [6.45, 7) is 7.36. The molecule has 4 heteroatoms. The maximum atomic E-state index is 12.6. The van der Waals surface area contributed by atoms with Crippen LogP contribution in [0.15, 0.2) is 24.3 Å². The Hall–Kier alpha value is -1.39. The molecule has 1 amide bonds. The zero-order valence-corrected chi connectivity index (χ0v) is 12.2. The van der Waals surface area contributed by atoms with Crippen LogP contribution in [0.3, 0.4) is 0 Å². The third kappa shape index (κ3) is 2.51. The number of piperazine rings is 1. The van der Waals surface area contributed by atoms with E-state index < -0.39 is 0 Å². The van der Waals surface area contributed by atoms with E-state index in [1.54, 1.807) is 0 Å². The lowest BCUT2D eigenvalue weighted by Crippen LogP contribution is -2.67. The molecule has 1 heterocycles. The molecule has 4 nitrogen and oxygen atoms in total. The second-order valence-electron chi connectivity index (χ2n) is 5.94. The molecule has 0 aromatic heterocycles. The van der Waals surface area contributed by atoms with Crippen molar-refractivity contribution in [3.8, 4) is 0 Å². The van der Waals surface area contributed by atoms with E-state index in [4.69, 9.17) is 5.73 Å². The predicted molar refractivity (Wildman–Crippen MR) is 78.2 cm³/mol. The smallest absolute Gasteiger partial charge is 0.245 e. The summed E-state index contributed by atoms with van der Waals surface area (Å²) in [7, 11) is 1.98. The predicted octanol–water partition coefficient (Wildman–Crippen LogP) is 1.38. The fourth-order valence-electron chi connectivity index (χ4n) is 2.62. The van der Waals surface area contributed by atoms with E-state index in [0.717, 1.165) is 11.3 Å². The van der Waals surface area contributed by atoms with Crippen LogP contribution in [0.25, 0.3) is 0 Å². The van der Waals surface area contributed by atoms with Crippen LogP contribution in [0.1, 0.15) is 19.4 Å². The Kier molecular flexibility index (Phi) is 3.65. The zero-order valence-electron chi connectivity index (χ0n) is 12.2. The molecule has 0 bridgehead atoms. The molecule has 1 fully saturated rings. The van der Waals surface area contributed by atoms with Crippen LogP contribution in [-0.4, -0.2) is 42.5 Å². The lowest BCUT2D eigenvalue weighted by Gasteiger charge is -2.49. The van der Waals surface area contributed by atoms with Crippen LogP contribution >= 0.6 is 0 Å². The standard InChI is InChI=1S/C15H23N3O/c1-11-6-5-7-12(8-11)18-10-15(2,3)17(4)13(9-16)14(18)19/h5-8,13H,9-10,16H2,1-4H3. The average molecular weight is 261 g/mol. The van der Waals surface area contributed by atoms with Crippen LogP contribution < -0.4 is 10.6 Å². The molecule has 0 spiro atoms. The van der Waals surface area contributed by atoms with E-state index in [2.05, 4.69) is 18.7 Å². The lowest BCUT2D eigenvalue weighted by atomic mass is 9.94. The minimum Gasteiger partial charge on any atom is -0.328 e. The highest BCUT2D eigenvalue weighted by Crippen LogP contribution is 2.28. The number of hydrogen-bond donors (Lipinski definition) is 1. The van der Waals surface area contributed by atoms with Gasteiger partial charge in [0, 0.05) is 24.3 Å². The Morgan fingerprint density at radius 3 is 2.68 bits per heavy atom. The monoisotopic (exact) mass is 261 g/mol. The molecule has 1 aliphatic rings. The maximum absolute atomic E-state index is 12.6. The number of hydrogen-bond acceptors (Lipinski definition) is 3. The SMILES string of the molecule is Cc1cccc(N2CC(C)(C)N(C)C(CN)C2=O)c1. The van der Waals surface area contributed by atoms with E-state index >= 15 is 0 Å². The van der Waals surface area contributed by atoms with E-state index in [-0.39, 0.29) is 17.5 Å². The van der Waals surface area contributed by atoms with Gasteiger partial charge >= 0.3 is 0 Å². The molecule has 1 aromatic rings. The first-order valence-corrected chi connectivity index (χ1v) is 6.68. The van der Waals surface area contributed by atoms with Crippen LogP contribution in [0.4, 0.5) is 5.69 Å². The van der Waals surface area contributed by atoms with Gasteiger partial charge in [-0.1, -0.05) is 12.1 Å². The van der Waals surface area contributed by atoms with Gasteiger partial charge in [0.2, 0.25) is 5.91 Å².